The summed E-state index contributed by atoms with van der Waals surface area (Å²) in [6.07, 6.45) is 3.06. The SMILES string of the molecule is C1=NCCc2ccccc21.Cc1ccc(S(=O)(=O)O)cc1. The minimum Gasteiger partial charge on any atom is -0.292 e. The molecule has 0 aliphatic carbocycles. The van der Waals surface area contributed by atoms with E-state index < -0.39 is 10.1 Å². The van der Waals surface area contributed by atoms with Gasteiger partial charge in [0.2, 0.25) is 0 Å². The molecule has 0 spiro atoms. The molecule has 21 heavy (non-hydrogen) atoms. The zero-order chi connectivity index (χ0) is 15.3. The summed E-state index contributed by atoms with van der Waals surface area (Å²) in [6, 6.07) is 14.4. The molecule has 0 saturated heterocycles. The van der Waals surface area contributed by atoms with E-state index in [9.17, 15) is 8.42 Å². The molecule has 5 heteroatoms. The number of rotatable bonds is 1. The molecule has 0 amide bonds. The van der Waals surface area contributed by atoms with Crippen molar-refractivity contribution in [3.05, 3.63) is 65.2 Å². The van der Waals surface area contributed by atoms with Crippen LogP contribution in [0.4, 0.5) is 0 Å². The van der Waals surface area contributed by atoms with Gasteiger partial charge in [-0.2, -0.15) is 8.42 Å². The highest BCUT2D eigenvalue weighted by molar-refractivity contribution is 7.85. The van der Waals surface area contributed by atoms with Crippen LogP contribution in [0.15, 0.2) is 58.4 Å². The van der Waals surface area contributed by atoms with Crippen LogP contribution in [0.3, 0.4) is 0 Å². The summed E-state index contributed by atoms with van der Waals surface area (Å²) in [5.41, 5.74) is 3.67. The Balaban J connectivity index is 0.000000154. The second kappa shape index (κ2) is 6.65. The van der Waals surface area contributed by atoms with Crippen LogP contribution in [0.2, 0.25) is 0 Å². The first-order chi connectivity index (χ1) is 9.97. The van der Waals surface area contributed by atoms with E-state index in [2.05, 4.69) is 29.3 Å². The largest absolute Gasteiger partial charge is 0.294 e. The number of hydrogen-bond donors (Lipinski definition) is 1. The molecule has 2 aromatic rings. The Morgan fingerprint density at radius 3 is 2.33 bits per heavy atom. The van der Waals surface area contributed by atoms with Gasteiger partial charge in [-0.3, -0.25) is 9.55 Å². The van der Waals surface area contributed by atoms with Gasteiger partial charge in [-0.15, -0.1) is 0 Å². The molecule has 1 aliphatic heterocycles. The Labute approximate surface area is 124 Å². The van der Waals surface area contributed by atoms with E-state index in [4.69, 9.17) is 4.55 Å². The van der Waals surface area contributed by atoms with Crippen LogP contribution in [-0.4, -0.2) is 25.7 Å². The van der Waals surface area contributed by atoms with E-state index >= 15 is 0 Å². The molecule has 1 N–H and O–H groups in total. The van der Waals surface area contributed by atoms with Gasteiger partial charge >= 0.3 is 0 Å². The van der Waals surface area contributed by atoms with Crippen molar-refractivity contribution in [2.24, 2.45) is 4.99 Å². The van der Waals surface area contributed by atoms with Crippen LogP contribution in [0, 0.1) is 6.92 Å². The van der Waals surface area contributed by atoms with Gasteiger partial charge in [-0.05, 0) is 36.6 Å². The van der Waals surface area contributed by atoms with Crippen LogP contribution in [0.1, 0.15) is 16.7 Å². The fraction of sp³-hybridized carbons (Fsp3) is 0.188. The van der Waals surface area contributed by atoms with E-state index in [-0.39, 0.29) is 4.90 Å². The van der Waals surface area contributed by atoms with Crippen molar-refractivity contribution in [3.8, 4) is 0 Å². The number of nitrogens with zero attached hydrogens (tertiary/aromatic N) is 1. The van der Waals surface area contributed by atoms with Crippen LogP contribution in [0.25, 0.3) is 0 Å². The zero-order valence-corrected chi connectivity index (χ0v) is 12.5. The first-order valence-electron chi connectivity index (χ1n) is 6.59. The molecule has 0 unspecified atom stereocenters. The molecule has 2 aromatic carbocycles. The molecule has 0 fully saturated rings. The van der Waals surface area contributed by atoms with Crippen molar-refractivity contribution in [3.63, 3.8) is 0 Å². The normalized spacial score (nSPS) is 13.0. The third-order valence-electron chi connectivity index (χ3n) is 3.11. The van der Waals surface area contributed by atoms with Crippen molar-refractivity contribution in [2.75, 3.05) is 6.54 Å². The smallest absolute Gasteiger partial charge is 0.292 e. The second-order valence-electron chi connectivity index (χ2n) is 4.77. The molecule has 4 nitrogen and oxygen atoms in total. The molecule has 0 saturated carbocycles. The molecule has 0 atom stereocenters. The Morgan fingerprint density at radius 1 is 1.05 bits per heavy atom. The van der Waals surface area contributed by atoms with Crippen molar-refractivity contribution in [1.29, 1.82) is 0 Å². The van der Waals surface area contributed by atoms with Crippen molar-refractivity contribution in [2.45, 2.75) is 18.2 Å². The Bertz CT molecular complexity index is 734. The predicted octanol–water partition coefficient (Wildman–Crippen LogP) is 2.90. The number of aliphatic imine (C=N–C) groups is 1. The molecule has 0 radical (unpaired) electrons. The maximum Gasteiger partial charge on any atom is 0.294 e. The summed E-state index contributed by atoms with van der Waals surface area (Å²) in [6.45, 7) is 2.80. The highest BCUT2D eigenvalue weighted by Gasteiger charge is 2.06. The van der Waals surface area contributed by atoms with Crippen molar-refractivity contribution >= 4 is 16.3 Å². The van der Waals surface area contributed by atoms with Gasteiger partial charge in [-0.1, -0.05) is 42.0 Å². The van der Waals surface area contributed by atoms with Crippen LogP contribution in [-0.2, 0) is 16.5 Å². The number of aryl methyl sites for hydroxylation is 1. The molecular formula is C16H17NO3S. The van der Waals surface area contributed by atoms with Crippen molar-refractivity contribution < 1.29 is 13.0 Å². The maximum atomic E-state index is 10.5. The fourth-order valence-electron chi connectivity index (χ4n) is 1.95. The molecule has 1 aliphatic rings. The maximum absolute atomic E-state index is 10.5. The van der Waals surface area contributed by atoms with Gasteiger partial charge < -0.3 is 0 Å². The summed E-state index contributed by atoms with van der Waals surface area (Å²) < 4.78 is 29.6. The monoisotopic (exact) mass is 303 g/mol. The van der Waals surface area contributed by atoms with Crippen molar-refractivity contribution in [1.82, 2.24) is 0 Å². The Morgan fingerprint density at radius 2 is 1.71 bits per heavy atom. The van der Waals surface area contributed by atoms with Gasteiger partial charge in [0, 0.05) is 12.8 Å². The third-order valence-corrected chi connectivity index (χ3v) is 3.98. The van der Waals surface area contributed by atoms with E-state index in [1.165, 1.54) is 23.3 Å². The van der Waals surface area contributed by atoms with E-state index in [1.807, 2.05) is 13.1 Å². The molecule has 3 rings (SSSR count). The van der Waals surface area contributed by atoms with Gasteiger partial charge in [0.15, 0.2) is 0 Å². The summed E-state index contributed by atoms with van der Waals surface area (Å²) >= 11 is 0. The highest BCUT2D eigenvalue weighted by atomic mass is 32.2. The lowest BCUT2D eigenvalue weighted by Gasteiger charge is -2.07. The lowest BCUT2D eigenvalue weighted by Crippen LogP contribution is -2.01. The van der Waals surface area contributed by atoms with E-state index in [0.717, 1.165) is 18.5 Å². The molecule has 0 aromatic heterocycles. The van der Waals surface area contributed by atoms with Crippen LogP contribution >= 0.6 is 0 Å². The Hall–Kier alpha value is -1.98. The quantitative estimate of drug-likeness (QED) is 0.824. The first-order valence-corrected chi connectivity index (χ1v) is 8.03. The number of fused-ring (bicyclic) bond motifs is 1. The van der Waals surface area contributed by atoms with Crippen LogP contribution in [0.5, 0.6) is 0 Å². The lowest BCUT2D eigenvalue weighted by atomic mass is 10.0. The minimum absolute atomic E-state index is 0.0666. The summed E-state index contributed by atoms with van der Waals surface area (Å²) in [4.78, 5) is 4.13. The van der Waals surface area contributed by atoms with E-state index in [1.54, 1.807) is 12.1 Å². The number of hydrogen-bond acceptors (Lipinski definition) is 3. The summed E-state index contributed by atoms with van der Waals surface area (Å²) in [5.74, 6) is 0. The molecule has 110 valence electrons. The van der Waals surface area contributed by atoms with E-state index in [0.29, 0.717) is 0 Å². The fourth-order valence-corrected chi connectivity index (χ4v) is 2.43. The summed E-state index contributed by atoms with van der Waals surface area (Å²) in [5, 5.41) is 0. The average molecular weight is 303 g/mol. The van der Waals surface area contributed by atoms with Gasteiger partial charge in [0.05, 0.1) is 4.90 Å². The van der Waals surface area contributed by atoms with Gasteiger partial charge in [0.25, 0.3) is 10.1 Å². The summed E-state index contributed by atoms with van der Waals surface area (Å²) in [7, 11) is -4.02. The first kappa shape index (κ1) is 15.4. The topological polar surface area (TPSA) is 66.7 Å². The minimum atomic E-state index is -4.02. The Kier molecular flexibility index (Phi) is 4.88. The predicted molar refractivity (Wildman–Crippen MR) is 83.6 cm³/mol. The van der Waals surface area contributed by atoms with Gasteiger partial charge in [0.1, 0.15) is 0 Å². The number of benzene rings is 2. The highest BCUT2D eigenvalue weighted by Crippen LogP contribution is 2.10. The third kappa shape index (κ3) is 4.51. The van der Waals surface area contributed by atoms with Crippen LogP contribution < -0.4 is 0 Å². The zero-order valence-electron chi connectivity index (χ0n) is 11.7. The average Bonchev–Trinajstić information content (AvgIpc) is 2.47. The lowest BCUT2D eigenvalue weighted by molar-refractivity contribution is 0.483. The molecular weight excluding hydrogens is 286 g/mol. The molecule has 1 heterocycles. The second-order valence-corrected chi connectivity index (χ2v) is 6.19. The molecule has 0 bridgehead atoms. The standard InChI is InChI=1S/C9H9N.C7H8O3S/c1-2-4-9-7-10-6-5-8(9)3-1;1-6-2-4-7(5-3-6)11(8,9)10/h1-4,7H,5-6H2;2-5H,1H3,(H,8,9,10). The van der Waals surface area contributed by atoms with Gasteiger partial charge in [-0.25, -0.2) is 0 Å².